The summed E-state index contributed by atoms with van der Waals surface area (Å²) in [7, 11) is 0. The smallest absolute Gasteiger partial charge is 0.262 e. The highest BCUT2D eigenvalue weighted by Gasteiger charge is 2.21. The van der Waals surface area contributed by atoms with Crippen LogP contribution in [0.25, 0.3) is 10.9 Å². The predicted molar refractivity (Wildman–Crippen MR) is 129 cm³/mol. The predicted octanol–water partition coefficient (Wildman–Crippen LogP) is 5.25. The first-order chi connectivity index (χ1) is 14.8. The SMILES string of the molecule is CC(C)n1c(S[C@@H](C)C(=O)N[C@@H](C)CCc2ccccc2)nc2cc(Cl)ccc2c1=O. The molecule has 1 aromatic heterocycles. The van der Waals surface area contributed by atoms with Gasteiger partial charge in [0.1, 0.15) is 0 Å². The Labute approximate surface area is 192 Å². The zero-order valence-corrected chi connectivity index (χ0v) is 19.8. The molecule has 3 rings (SSSR count). The molecule has 1 amide bonds. The maximum Gasteiger partial charge on any atom is 0.262 e. The van der Waals surface area contributed by atoms with Gasteiger partial charge in [-0.05, 0) is 64.3 Å². The summed E-state index contributed by atoms with van der Waals surface area (Å²) in [6.07, 6.45) is 1.76. The topological polar surface area (TPSA) is 64.0 Å². The van der Waals surface area contributed by atoms with Crippen LogP contribution < -0.4 is 10.9 Å². The number of halogens is 1. The van der Waals surface area contributed by atoms with Crippen molar-refractivity contribution in [3.63, 3.8) is 0 Å². The zero-order valence-electron chi connectivity index (χ0n) is 18.3. The molecule has 0 fully saturated rings. The van der Waals surface area contributed by atoms with E-state index in [0.717, 1.165) is 12.8 Å². The van der Waals surface area contributed by atoms with Crippen molar-refractivity contribution in [1.29, 1.82) is 0 Å². The largest absolute Gasteiger partial charge is 0.353 e. The van der Waals surface area contributed by atoms with E-state index in [1.807, 2.05) is 45.9 Å². The Kier molecular flexibility index (Phi) is 7.79. The normalized spacial score (nSPS) is 13.4. The van der Waals surface area contributed by atoms with E-state index in [1.54, 1.807) is 22.8 Å². The maximum atomic E-state index is 13.0. The van der Waals surface area contributed by atoms with E-state index >= 15 is 0 Å². The molecular weight excluding hydrogens is 430 g/mol. The number of hydrogen-bond donors (Lipinski definition) is 1. The van der Waals surface area contributed by atoms with Crippen molar-refractivity contribution in [1.82, 2.24) is 14.9 Å². The van der Waals surface area contributed by atoms with Crippen molar-refractivity contribution in [3.8, 4) is 0 Å². The molecule has 7 heteroatoms. The van der Waals surface area contributed by atoms with Crippen molar-refractivity contribution in [2.24, 2.45) is 0 Å². The number of nitrogens with zero attached hydrogens (tertiary/aromatic N) is 2. The van der Waals surface area contributed by atoms with Crippen LogP contribution in [0.15, 0.2) is 58.5 Å². The van der Waals surface area contributed by atoms with E-state index in [9.17, 15) is 9.59 Å². The van der Waals surface area contributed by atoms with Gasteiger partial charge in [-0.15, -0.1) is 0 Å². The van der Waals surface area contributed by atoms with Gasteiger partial charge in [-0.2, -0.15) is 0 Å². The molecule has 0 bridgehead atoms. The van der Waals surface area contributed by atoms with E-state index < -0.39 is 5.25 Å². The molecule has 1 heterocycles. The Morgan fingerprint density at radius 3 is 2.52 bits per heavy atom. The molecule has 31 heavy (non-hydrogen) atoms. The average Bonchev–Trinajstić information content (AvgIpc) is 2.72. The van der Waals surface area contributed by atoms with Crippen molar-refractivity contribution in [2.45, 2.75) is 63.0 Å². The van der Waals surface area contributed by atoms with E-state index in [-0.39, 0.29) is 23.6 Å². The summed E-state index contributed by atoms with van der Waals surface area (Å²) in [4.78, 5) is 30.5. The van der Waals surface area contributed by atoms with E-state index in [0.29, 0.717) is 21.1 Å². The summed E-state index contributed by atoms with van der Waals surface area (Å²) in [5.41, 5.74) is 1.68. The lowest BCUT2D eigenvalue weighted by Gasteiger charge is -2.20. The van der Waals surface area contributed by atoms with E-state index in [4.69, 9.17) is 11.6 Å². The minimum Gasteiger partial charge on any atom is -0.353 e. The number of carbonyl (C=O) groups excluding carboxylic acids is 1. The van der Waals surface area contributed by atoms with Gasteiger partial charge in [0.25, 0.3) is 5.56 Å². The lowest BCUT2D eigenvalue weighted by Crippen LogP contribution is -2.38. The molecule has 164 valence electrons. The third-order valence-corrected chi connectivity index (χ3v) is 6.40. The van der Waals surface area contributed by atoms with Gasteiger partial charge in [0.05, 0.1) is 16.2 Å². The molecule has 1 N–H and O–H groups in total. The molecule has 0 aliphatic heterocycles. The second-order valence-electron chi connectivity index (χ2n) is 8.02. The Morgan fingerprint density at radius 2 is 1.84 bits per heavy atom. The first-order valence-corrected chi connectivity index (χ1v) is 11.7. The van der Waals surface area contributed by atoms with Crippen LogP contribution in [0.4, 0.5) is 0 Å². The summed E-state index contributed by atoms with van der Waals surface area (Å²) in [6, 6.07) is 15.3. The summed E-state index contributed by atoms with van der Waals surface area (Å²) in [5.74, 6) is -0.0682. The van der Waals surface area contributed by atoms with Gasteiger partial charge in [0.2, 0.25) is 5.91 Å². The molecule has 0 radical (unpaired) electrons. The highest BCUT2D eigenvalue weighted by Crippen LogP contribution is 2.26. The number of rotatable bonds is 8. The number of carbonyl (C=O) groups is 1. The van der Waals surface area contributed by atoms with Crippen molar-refractivity contribution >= 4 is 40.2 Å². The molecule has 0 aliphatic rings. The number of nitrogens with one attached hydrogen (secondary N) is 1. The Morgan fingerprint density at radius 1 is 1.13 bits per heavy atom. The average molecular weight is 458 g/mol. The van der Waals surface area contributed by atoms with Gasteiger partial charge in [0, 0.05) is 17.1 Å². The second kappa shape index (κ2) is 10.3. The Bertz CT molecular complexity index is 1120. The Hall–Kier alpha value is -2.31. The van der Waals surface area contributed by atoms with Crippen LogP contribution >= 0.6 is 23.4 Å². The number of fused-ring (bicyclic) bond motifs is 1. The second-order valence-corrected chi connectivity index (χ2v) is 9.76. The van der Waals surface area contributed by atoms with Crippen molar-refractivity contribution in [2.75, 3.05) is 0 Å². The number of aryl methyl sites for hydroxylation is 1. The fourth-order valence-corrected chi connectivity index (χ4v) is 4.58. The number of thioether (sulfide) groups is 1. The minimum absolute atomic E-state index is 0.0476. The highest BCUT2D eigenvalue weighted by molar-refractivity contribution is 8.00. The highest BCUT2D eigenvalue weighted by atomic mass is 35.5. The minimum atomic E-state index is -0.396. The van der Waals surface area contributed by atoms with Crippen molar-refractivity contribution in [3.05, 3.63) is 69.5 Å². The molecule has 0 aliphatic carbocycles. The van der Waals surface area contributed by atoms with Gasteiger partial charge in [-0.1, -0.05) is 53.7 Å². The third kappa shape index (κ3) is 5.89. The summed E-state index contributed by atoms with van der Waals surface area (Å²) in [5, 5.41) is 4.26. The van der Waals surface area contributed by atoms with Crippen molar-refractivity contribution < 1.29 is 4.79 Å². The maximum absolute atomic E-state index is 13.0. The lowest BCUT2D eigenvalue weighted by atomic mass is 10.1. The molecule has 3 aromatic rings. The third-order valence-electron chi connectivity index (χ3n) is 5.10. The molecule has 0 spiro atoms. The van der Waals surface area contributed by atoms with Crippen LogP contribution in [0.5, 0.6) is 0 Å². The number of benzene rings is 2. The van der Waals surface area contributed by atoms with Crippen LogP contribution in [0.1, 0.15) is 45.7 Å². The fourth-order valence-electron chi connectivity index (χ4n) is 3.36. The Balaban J connectivity index is 1.72. The summed E-state index contributed by atoms with van der Waals surface area (Å²) >= 11 is 7.39. The van der Waals surface area contributed by atoms with Crippen LogP contribution in [-0.4, -0.2) is 26.8 Å². The van der Waals surface area contributed by atoms with Gasteiger partial charge >= 0.3 is 0 Å². The van der Waals surface area contributed by atoms with E-state index in [1.165, 1.54) is 17.3 Å². The van der Waals surface area contributed by atoms with Gasteiger partial charge < -0.3 is 5.32 Å². The standard InChI is InChI=1S/C24H28ClN3O2S/c1-15(2)28-23(30)20-13-12-19(25)14-21(20)27-24(28)31-17(4)22(29)26-16(3)10-11-18-8-6-5-7-9-18/h5-9,12-17H,10-11H2,1-4H3,(H,26,29)/t16-,17-/m0/s1. The van der Waals surface area contributed by atoms with Gasteiger partial charge in [0.15, 0.2) is 5.16 Å². The molecule has 0 saturated carbocycles. The zero-order chi connectivity index (χ0) is 22.5. The first kappa shape index (κ1) is 23.4. The molecule has 5 nitrogen and oxygen atoms in total. The van der Waals surface area contributed by atoms with Gasteiger partial charge in [-0.25, -0.2) is 4.98 Å². The molecule has 2 atom stereocenters. The summed E-state index contributed by atoms with van der Waals surface area (Å²) < 4.78 is 1.64. The molecule has 2 aromatic carbocycles. The summed E-state index contributed by atoms with van der Waals surface area (Å²) in [6.45, 7) is 7.72. The first-order valence-electron chi connectivity index (χ1n) is 10.5. The molecular formula is C24H28ClN3O2S. The van der Waals surface area contributed by atoms with Gasteiger partial charge in [-0.3, -0.25) is 14.2 Å². The van der Waals surface area contributed by atoms with Crippen LogP contribution in [0.3, 0.4) is 0 Å². The number of hydrogen-bond acceptors (Lipinski definition) is 4. The lowest BCUT2D eigenvalue weighted by molar-refractivity contribution is -0.120. The number of aromatic nitrogens is 2. The van der Waals surface area contributed by atoms with Crippen LogP contribution in [0.2, 0.25) is 5.02 Å². The van der Waals surface area contributed by atoms with E-state index in [2.05, 4.69) is 22.4 Å². The van der Waals surface area contributed by atoms with Crippen LogP contribution in [0, 0.1) is 0 Å². The molecule has 0 unspecified atom stereocenters. The monoisotopic (exact) mass is 457 g/mol. The number of amides is 1. The quantitative estimate of drug-likeness (QED) is 0.370. The fraction of sp³-hybridized carbons (Fsp3) is 0.375. The molecule has 0 saturated heterocycles. The van der Waals surface area contributed by atoms with Crippen LogP contribution in [-0.2, 0) is 11.2 Å².